The fourth-order valence-electron chi connectivity index (χ4n) is 3.04. The van der Waals surface area contributed by atoms with Gasteiger partial charge in [0, 0.05) is 0 Å². The zero-order chi connectivity index (χ0) is 20.2. The summed E-state index contributed by atoms with van der Waals surface area (Å²) in [7, 11) is -4.00. The predicted octanol–water partition coefficient (Wildman–Crippen LogP) is 6.99. The molecule has 0 aliphatic heterocycles. The minimum atomic E-state index is -4.00. The Balaban J connectivity index is 0.000000569. The molecule has 0 fully saturated rings. The van der Waals surface area contributed by atoms with Crippen LogP contribution < -0.4 is 0 Å². The second-order valence-corrected chi connectivity index (χ2v) is 8.81. The van der Waals surface area contributed by atoms with Crippen LogP contribution in [0.25, 0.3) is 0 Å². The van der Waals surface area contributed by atoms with Crippen LogP contribution in [-0.2, 0) is 10.1 Å². The van der Waals surface area contributed by atoms with Crippen LogP contribution in [0.4, 0.5) is 0 Å². The van der Waals surface area contributed by atoms with Gasteiger partial charge in [-0.25, -0.2) is 0 Å². The van der Waals surface area contributed by atoms with E-state index in [9.17, 15) is 8.42 Å². The molecule has 0 aliphatic carbocycles. The van der Waals surface area contributed by atoms with Gasteiger partial charge in [0.15, 0.2) is 0 Å². The zero-order valence-corrected chi connectivity index (χ0v) is 18.5. The van der Waals surface area contributed by atoms with E-state index < -0.39 is 10.1 Å². The van der Waals surface area contributed by atoms with Crippen LogP contribution in [0.1, 0.15) is 96.8 Å². The van der Waals surface area contributed by atoms with E-state index in [1.807, 2.05) is 0 Å². The summed E-state index contributed by atoms with van der Waals surface area (Å²) in [6, 6.07) is 7.42. The van der Waals surface area contributed by atoms with Crippen molar-refractivity contribution in [3.05, 3.63) is 30.3 Å². The number of benzene rings is 1. The van der Waals surface area contributed by atoms with E-state index in [-0.39, 0.29) is 4.90 Å². The Kier molecular flexibility index (Phi) is 18.9. The molecule has 1 aromatic rings. The van der Waals surface area contributed by atoms with Gasteiger partial charge in [0.25, 0.3) is 10.1 Å². The molecule has 1 N–H and O–H groups in total. The molecule has 0 aliphatic rings. The molecule has 0 amide bonds. The number of rotatable bonds is 15. The Labute approximate surface area is 177 Å². The molecule has 0 atom stereocenters. The summed E-state index contributed by atoms with van der Waals surface area (Å²) in [5.74, 6) is 0. The van der Waals surface area contributed by atoms with Crippen molar-refractivity contribution in [2.75, 3.05) is 0 Å². The van der Waals surface area contributed by atoms with Crippen LogP contribution in [0, 0.1) is 0 Å². The van der Waals surface area contributed by atoms with E-state index in [1.54, 1.807) is 18.2 Å². The SMILES string of the molecule is O=S(=O)(O)c1ccccc1.[Li][CH2]CCCCCCCCCCCCCCC. The fourth-order valence-corrected chi connectivity index (χ4v) is 3.54. The Morgan fingerprint density at radius 2 is 1.07 bits per heavy atom. The minimum absolute atomic E-state index is 0.0741. The molecule has 1 rings (SSSR count). The molecule has 0 saturated heterocycles. The number of hydrogen-bond acceptors (Lipinski definition) is 2. The molecular weight excluding hydrogens is 351 g/mol. The average molecular weight is 391 g/mol. The van der Waals surface area contributed by atoms with Crippen LogP contribution in [0.3, 0.4) is 0 Å². The quantitative estimate of drug-likeness (QED) is 0.199. The molecular formula is C22H39LiO3S. The van der Waals surface area contributed by atoms with Crippen molar-refractivity contribution in [3.63, 3.8) is 0 Å². The van der Waals surface area contributed by atoms with Gasteiger partial charge in [-0.15, -0.1) is 0 Å². The molecule has 0 spiro atoms. The summed E-state index contributed by atoms with van der Waals surface area (Å²) in [6.45, 7) is 2.29. The van der Waals surface area contributed by atoms with Crippen molar-refractivity contribution in [3.8, 4) is 0 Å². The summed E-state index contributed by atoms with van der Waals surface area (Å²) in [5.41, 5.74) is 0. The fraction of sp³-hybridized carbons (Fsp3) is 0.727. The summed E-state index contributed by atoms with van der Waals surface area (Å²) in [5, 5.41) is 1.37. The monoisotopic (exact) mass is 390 g/mol. The molecule has 0 saturated carbocycles. The molecule has 0 bridgehead atoms. The second kappa shape index (κ2) is 19.1. The Morgan fingerprint density at radius 1 is 0.704 bits per heavy atom. The van der Waals surface area contributed by atoms with Crippen molar-refractivity contribution in [1.29, 1.82) is 0 Å². The van der Waals surface area contributed by atoms with Crippen LogP contribution >= 0.6 is 0 Å². The smallest absolute Gasteiger partial charge is 0.0654 e. The van der Waals surface area contributed by atoms with Crippen molar-refractivity contribution >= 4 is 27.8 Å². The summed E-state index contributed by atoms with van der Waals surface area (Å²) in [6.07, 6.45) is 20.5. The van der Waals surface area contributed by atoms with Crippen molar-refractivity contribution in [1.82, 2.24) is 0 Å². The van der Waals surface area contributed by atoms with E-state index >= 15 is 0 Å². The van der Waals surface area contributed by atoms with Gasteiger partial charge in [-0.05, 0) is 12.1 Å². The maximum atomic E-state index is 10.4. The van der Waals surface area contributed by atoms with E-state index in [0.717, 1.165) is 0 Å². The molecule has 152 valence electrons. The maximum absolute atomic E-state index is 10.4. The summed E-state index contributed by atoms with van der Waals surface area (Å²) in [4.78, 5) is -0.0741. The number of hydrogen-bond donors (Lipinski definition) is 1. The first kappa shape index (κ1) is 26.7. The minimum Gasteiger partial charge on any atom is -0.0654 e. The molecule has 0 heterocycles. The van der Waals surface area contributed by atoms with E-state index in [1.165, 1.54) is 107 Å². The third kappa shape index (κ3) is 18.8. The van der Waals surface area contributed by atoms with Crippen LogP contribution in [0.15, 0.2) is 35.2 Å². The third-order valence-corrected chi connectivity index (χ3v) is 5.62. The van der Waals surface area contributed by atoms with Gasteiger partial charge in [0.1, 0.15) is 0 Å². The van der Waals surface area contributed by atoms with Crippen molar-refractivity contribution < 1.29 is 13.0 Å². The van der Waals surface area contributed by atoms with Gasteiger partial charge < -0.3 is 0 Å². The third-order valence-electron chi connectivity index (χ3n) is 4.75. The Hall–Kier alpha value is -0.273. The van der Waals surface area contributed by atoms with Gasteiger partial charge in [0.05, 0.1) is 4.90 Å². The van der Waals surface area contributed by atoms with Gasteiger partial charge in [-0.3, -0.25) is 4.55 Å². The van der Waals surface area contributed by atoms with E-state index in [4.69, 9.17) is 4.55 Å². The molecule has 0 unspecified atom stereocenters. The second-order valence-electron chi connectivity index (χ2n) is 7.38. The van der Waals surface area contributed by atoms with Crippen LogP contribution in [0.2, 0.25) is 5.09 Å². The number of unbranched alkanes of at least 4 members (excludes halogenated alkanes) is 13. The zero-order valence-electron chi connectivity index (χ0n) is 17.7. The topological polar surface area (TPSA) is 54.4 Å². The first-order valence-electron chi connectivity index (χ1n) is 11.0. The van der Waals surface area contributed by atoms with Gasteiger partial charge in [-0.1, -0.05) is 44.4 Å². The standard InChI is InChI=1S/C16H33.C6H6O3S.Li/c1-3-5-7-9-11-13-15-16-14-12-10-8-6-4-2;7-10(8,9)6-4-2-1-3-5-6;/h1,3-16H2,2H3;1-5H,(H,7,8,9);. The normalized spacial score (nSPS) is 11.1. The Bertz CT molecular complexity index is 504. The van der Waals surface area contributed by atoms with Crippen molar-refractivity contribution in [2.24, 2.45) is 0 Å². The van der Waals surface area contributed by atoms with Gasteiger partial charge >= 0.3 is 93.4 Å². The predicted molar refractivity (Wildman–Crippen MR) is 117 cm³/mol. The average Bonchev–Trinajstić information content (AvgIpc) is 2.66. The molecule has 1 aromatic carbocycles. The van der Waals surface area contributed by atoms with Crippen LogP contribution in [0.5, 0.6) is 0 Å². The van der Waals surface area contributed by atoms with Gasteiger partial charge in [0.2, 0.25) is 0 Å². The first-order chi connectivity index (χ1) is 13.0. The molecule has 0 radical (unpaired) electrons. The molecule has 5 heteroatoms. The van der Waals surface area contributed by atoms with Gasteiger partial charge in [-0.2, -0.15) is 8.42 Å². The molecule has 3 nitrogen and oxygen atoms in total. The van der Waals surface area contributed by atoms with E-state index in [0.29, 0.717) is 0 Å². The van der Waals surface area contributed by atoms with E-state index in [2.05, 4.69) is 24.6 Å². The Morgan fingerprint density at radius 3 is 1.37 bits per heavy atom. The molecule has 27 heavy (non-hydrogen) atoms. The van der Waals surface area contributed by atoms with Crippen molar-refractivity contribution in [2.45, 2.75) is 107 Å². The van der Waals surface area contributed by atoms with Crippen LogP contribution in [-0.4, -0.2) is 30.7 Å². The summed E-state index contributed by atoms with van der Waals surface area (Å²) >= 11 is 2.29. The summed E-state index contributed by atoms with van der Waals surface area (Å²) < 4.78 is 29.2. The first-order valence-corrected chi connectivity index (χ1v) is 12.5. The molecule has 0 aromatic heterocycles.